The van der Waals surface area contributed by atoms with E-state index in [4.69, 9.17) is 0 Å². The first-order valence-corrected chi connectivity index (χ1v) is 5.92. The lowest BCUT2D eigenvalue weighted by Crippen LogP contribution is -2.44. The van der Waals surface area contributed by atoms with E-state index in [1.807, 2.05) is 6.92 Å². The van der Waals surface area contributed by atoms with Crippen molar-refractivity contribution >= 4 is 17.2 Å². The van der Waals surface area contributed by atoms with E-state index in [1.165, 1.54) is 11.3 Å². The van der Waals surface area contributed by atoms with Gasteiger partial charge in [0.15, 0.2) is 0 Å². The smallest absolute Gasteiger partial charge is 0.265 e. The minimum absolute atomic E-state index is 0.0382. The number of piperidine rings is 1. The van der Waals surface area contributed by atoms with Gasteiger partial charge in [0.1, 0.15) is 4.88 Å². The minimum atomic E-state index is -0.268. The quantitative estimate of drug-likeness (QED) is 0.777. The van der Waals surface area contributed by atoms with Crippen LogP contribution in [0, 0.1) is 5.92 Å². The number of nitrogens with zero attached hydrogens (tertiary/aromatic N) is 2. The van der Waals surface area contributed by atoms with Crippen molar-refractivity contribution in [2.24, 2.45) is 5.92 Å². The van der Waals surface area contributed by atoms with Crippen LogP contribution < -0.4 is 0 Å². The summed E-state index contributed by atoms with van der Waals surface area (Å²) in [5.41, 5.74) is 1.66. The number of thiazole rings is 1. The molecule has 2 heterocycles. The third-order valence-corrected chi connectivity index (χ3v) is 3.55. The van der Waals surface area contributed by atoms with Crippen LogP contribution in [0.3, 0.4) is 0 Å². The van der Waals surface area contributed by atoms with Crippen molar-refractivity contribution in [2.75, 3.05) is 13.1 Å². The molecule has 2 rings (SSSR count). The zero-order chi connectivity index (χ0) is 10.8. The Balaban J connectivity index is 2.03. The van der Waals surface area contributed by atoms with Gasteiger partial charge in [-0.3, -0.25) is 9.78 Å². The first-order chi connectivity index (χ1) is 7.18. The summed E-state index contributed by atoms with van der Waals surface area (Å²) in [7, 11) is 0. The SMILES string of the molecule is CC1CN(C(=O)c2cncs2)CCC1O. The molecule has 1 saturated heterocycles. The van der Waals surface area contributed by atoms with Crippen LogP contribution in [-0.2, 0) is 0 Å². The topological polar surface area (TPSA) is 53.4 Å². The van der Waals surface area contributed by atoms with Crippen molar-refractivity contribution in [1.29, 1.82) is 0 Å². The van der Waals surface area contributed by atoms with Crippen LogP contribution in [-0.4, -0.2) is 40.1 Å². The van der Waals surface area contributed by atoms with E-state index in [1.54, 1.807) is 16.6 Å². The van der Waals surface area contributed by atoms with Crippen molar-refractivity contribution in [3.63, 3.8) is 0 Å². The maximum Gasteiger partial charge on any atom is 0.265 e. The zero-order valence-corrected chi connectivity index (χ0v) is 9.41. The van der Waals surface area contributed by atoms with Crippen molar-refractivity contribution < 1.29 is 9.90 Å². The Hall–Kier alpha value is -0.940. The fraction of sp³-hybridized carbons (Fsp3) is 0.600. The average molecular weight is 226 g/mol. The number of likely N-dealkylation sites (tertiary alicyclic amines) is 1. The highest BCUT2D eigenvalue weighted by Crippen LogP contribution is 2.19. The Morgan fingerprint density at radius 2 is 2.53 bits per heavy atom. The number of aliphatic hydroxyl groups is 1. The molecule has 0 spiro atoms. The van der Waals surface area contributed by atoms with E-state index in [9.17, 15) is 9.90 Å². The number of hydrogen-bond acceptors (Lipinski definition) is 4. The van der Waals surface area contributed by atoms with Crippen molar-refractivity contribution in [2.45, 2.75) is 19.4 Å². The van der Waals surface area contributed by atoms with E-state index >= 15 is 0 Å². The van der Waals surface area contributed by atoms with Crippen molar-refractivity contribution in [3.05, 3.63) is 16.6 Å². The third-order valence-electron chi connectivity index (χ3n) is 2.79. The molecule has 1 fully saturated rings. The van der Waals surface area contributed by atoms with E-state index in [-0.39, 0.29) is 17.9 Å². The highest BCUT2D eigenvalue weighted by molar-refractivity contribution is 7.11. The number of hydrogen-bond donors (Lipinski definition) is 1. The summed E-state index contributed by atoms with van der Waals surface area (Å²) in [5.74, 6) is 0.201. The molecule has 1 aliphatic rings. The van der Waals surface area contributed by atoms with Crippen LogP contribution in [0.1, 0.15) is 23.0 Å². The third kappa shape index (κ3) is 2.18. The lowest BCUT2D eigenvalue weighted by molar-refractivity contribution is 0.0300. The summed E-state index contributed by atoms with van der Waals surface area (Å²) in [6.45, 7) is 3.25. The number of aliphatic hydroxyl groups excluding tert-OH is 1. The van der Waals surface area contributed by atoms with Gasteiger partial charge in [-0.1, -0.05) is 6.92 Å². The molecule has 1 amide bonds. The molecule has 1 aliphatic heterocycles. The monoisotopic (exact) mass is 226 g/mol. The molecule has 0 saturated carbocycles. The molecule has 1 N–H and O–H groups in total. The molecule has 82 valence electrons. The van der Waals surface area contributed by atoms with Gasteiger partial charge in [0.05, 0.1) is 17.8 Å². The standard InChI is InChI=1S/C10H14N2O2S/c1-7-5-12(3-2-8(7)13)10(14)9-4-11-6-15-9/h4,6-8,13H,2-3,5H2,1H3. The maximum absolute atomic E-state index is 11.9. The number of carbonyl (C=O) groups excluding carboxylic acids is 1. The van der Waals surface area contributed by atoms with Crippen LogP contribution in [0.2, 0.25) is 0 Å². The lowest BCUT2D eigenvalue weighted by Gasteiger charge is -2.34. The predicted octanol–water partition coefficient (Wildman–Crippen LogP) is 0.986. The van der Waals surface area contributed by atoms with Gasteiger partial charge in [0.25, 0.3) is 5.91 Å². The molecule has 1 aromatic heterocycles. The maximum atomic E-state index is 11.9. The van der Waals surface area contributed by atoms with E-state index < -0.39 is 0 Å². The summed E-state index contributed by atoms with van der Waals surface area (Å²) >= 11 is 1.36. The largest absolute Gasteiger partial charge is 0.393 e. The molecule has 1 aromatic rings. The minimum Gasteiger partial charge on any atom is -0.393 e. The predicted molar refractivity (Wildman–Crippen MR) is 57.8 cm³/mol. The first kappa shape index (κ1) is 10.6. The van der Waals surface area contributed by atoms with Crippen LogP contribution in [0.5, 0.6) is 0 Å². The van der Waals surface area contributed by atoms with Crippen LogP contribution >= 0.6 is 11.3 Å². The van der Waals surface area contributed by atoms with Crippen molar-refractivity contribution in [1.82, 2.24) is 9.88 Å². The zero-order valence-electron chi connectivity index (χ0n) is 8.59. The van der Waals surface area contributed by atoms with E-state index in [0.717, 1.165) is 0 Å². The second-order valence-corrected chi connectivity index (χ2v) is 4.84. The number of rotatable bonds is 1. The lowest BCUT2D eigenvalue weighted by atomic mass is 9.97. The Morgan fingerprint density at radius 1 is 1.73 bits per heavy atom. The molecule has 2 atom stereocenters. The summed E-state index contributed by atoms with van der Waals surface area (Å²) in [5, 5.41) is 9.56. The van der Waals surface area contributed by atoms with Gasteiger partial charge < -0.3 is 10.0 Å². The van der Waals surface area contributed by atoms with Crippen LogP contribution in [0.15, 0.2) is 11.7 Å². The molecule has 0 radical (unpaired) electrons. The highest BCUT2D eigenvalue weighted by atomic mass is 32.1. The summed E-state index contributed by atoms with van der Waals surface area (Å²) in [4.78, 5) is 18.3. The molecular weight excluding hydrogens is 212 g/mol. The van der Waals surface area contributed by atoms with Crippen LogP contribution in [0.25, 0.3) is 0 Å². The number of aromatic nitrogens is 1. The Kier molecular flexibility index (Phi) is 3.02. The number of amides is 1. The summed E-state index contributed by atoms with van der Waals surface area (Å²) in [6.07, 6.45) is 2.00. The van der Waals surface area contributed by atoms with Gasteiger partial charge in [-0.25, -0.2) is 0 Å². The molecule has 2 unspecified atom stereocenters. The van der Waals surface area contributed by atoms with Gasteiger partial charge in [-0.05, 0) is 12.3 Å². The van der Waals surface area contributed by atoms with Gasteiger partial charge >= 0.3 is 0 Å². The highest BCUT2D eigenvalue weighted by Gasteiger charge is 2.28. The molecule has 4 nitrogen and oxygen atoms in total. The molecule has 15 heavy (non-hydrogen) atoms. The summed E-state index contributed by atoms with van der Waals surface area (Å²) < 4.78 is 0. The normalized spacial score (nSPS) is 26.7. The molecule has 0 aromatic carbocycles. The molecule has 0 aliphatic carbocycles. The fourth-order valence-corrected chi connectivity index (χ4v) is 2.38. The van der Waals surface area contributed by atoms with Crippen LogP contribution in [0.4, 0.5) is 0 Å². The fourth-order valence-electron chi connectivity index (χ4n) is 1.79. The Bertz CT molecular complexity index is 339. The Labute approximate surface area is 92.6 Å². The van der Waals surface area contributed by atoms with Gasteiger partial charge in [0.2, 0.25) is 0 Å². The molecule has 5 heteroatoms. The Morgan fingerprint density at radius 3 is 3.13 bits per heavy atom. The van der Waals surface area contributed by atoms with Gasteiger partial charge in [0, 0.05) is 13.1 Å². The van der Waals surface area contributed by atoms with Gasteiger partial charge in [-0.2, -0.15) is 0 Å². The second kappa shape index (κ2) is 4.28. The van der Waals surface area contributed by atoms with Gasteiger partial charge in [-0.15, -0.1) is 11.3 Å². The molecule has 0 bridgehead atoms. The molecular formula is C10H14N2O2S. The average Bonchev–Trinajstić information content (AvgIpc) is 2.74. The number of carbonyl (C=O) groups is 1. The second-order valence-electron chi connectivity index (χ2n) is 3.95. The first-order valence-electron chi connectivity index (χ1n) is 5.04. The van der Waals surface area contributed by atoms with E-state index in [0.29, 0.717) is 24.4 Å². The van der Waals surface area contributed by atoms with E-state index in [2.05, 4.69) is 4.98 Å². The summed E-state index contributed by atoms with van der Waals surface area (Å²) in [6, 6.07) is 0. The van der Waals surface area contributed by atoms with Crippen molar-refractivity contribution in [3.8, 4) is 0 Å².